The second kappa shape index (κ2) is 14.1. The summed E-state index contributed by atoms with van der Waals surface area (Å²) in [6, 6.07) is 5.53. The van der Waals surface area contributed by atoms with E-state index in [2.05, 4.69) is 27.1 Å². The first-order chi connectivity index (χ1) is 23.0. The topological polar surface area (TPSA) is 81.5 Å². The highest BCUT2D eigenvalue weighted by molar-refractivity contribution is 5.87. The molecule has 1 N–H and O–H groups in total. The highest BCUT2D eigenvalue weighted by Gasteiger charge is 2.49. The molecule has 3 aromatic rings. The van der Waals surface area contributed by atoms with E-state index >= 15 is 13.2 Å². The second-order valence-corrected chi connectivity index (χ2v) is 14.3. The number of aromatic nitrogens is 3. The summed E-state index contributed by atoms with van der Waals surface area (Å²) in [7, 11) is 1.62. The van der Waals surface area contributed by atoms with E-state index in [4.69, 9.17) is 9.47 Å². The van der Waals surface area contributed by atoms with Crippen LogP contribution in [0.25, 0.3) is 11.0 Å². The first-order valence-corrected chi connectivity index (χ1v) is 17.7. The van der Waals surface area contributed by atoms with E-state index in [1.165, 1.54) is 18.5 Å². The molecule has 0 aliphatic carbocycles. The number of ether oxygens (including phenoxy) is 2. The van der Waals surface area contributed by atoms with Crippen LogP contribution >= 0.6 is 0 Å². The Balaban J connectivity index is 1.45. The molecule has 1 aromatic carbocycles. The minimum atomic E-state index is -3.33. The first kappa shape index (κ1) is 34.8. The summed E-state index contributed by atoms with van der Waals surface area (Å²) in [5.41, 5.74) is -0.428. The fraction of sp³-hybridized carbons (Fsp3) is 0.649. The van der Waals surface area contributed by atoms with Crippen molar-refractivity contribution in [1.82, 2.24) is 19.4 Å². The number of methoxy groups -OCH3 is 1. The normalized spacial score (nSPS) is 29.7. The van der Waals surface area contributed by atoms with E-state index in [9.17, 15) is 4.79 Å². The summed E-state index contributed by atoms with van der Waals surface area (Å²) in [5.74, 6) is -4.80. The molecular formula is C37H50F3N5O3. The second-order valence-electron chi connectivity index (χ2n) is 14.3. The van der Waals surface area contributed by atoms with Gasteiger partial charge in [0.15, 0.2) is 0 Å². The Labute approximate surface area is 281 Å². The van der Waals surface area contributed by atoms with E-state index < -0.39 is 34.9 Å². The number of anilines is 1. The standard InChI is InChI=1S/C37H50F3N5O3/c1-23-11-8-6-7-9-16-44-34-29(21-31(35(44)46)36(47-5)14-17-48-18-15-36)33(41-22-42-34)43-26(4)28-12-10-13-30(32(28)38)37(39,40)27-19-24(2)45(23)25(3)20-27/h10,12-13,21-27H,6-9,11,14-20H2,1-5H3,(H,41,42,43)/t23?,24?,25?,26-,27?/m1/s1. The predicted molar refractivity (Wildman–Crippen MR) is 181 cm³/mol. The van der Waals surface area contributed by atoms with Gasteiger partial charge in [-0.15, -0.1) is 0 Å². The summed E-state index contributed by atoms with van der Waals surface area (Å²) in [6.07, 6.45) is 7.75. The van der Waals surface area contributed by atoms with Gasteiger partial charge in [0.2, 0.25) is 0 Å². The zero-order valence-electron chi connectivity index (χ0n) is 28.9. The zero-order chi connectivity index (χ0) is 34.2. The largest absolute Gasteiger partial charge is 0.381 e. The van der Waals surface area contributed by atoms with Gasteiger partial charge in [-0.1, -0.05) is 37.5 Å². The smallest absolute Gasteiger partial charge is 0.278 e. The maximum absolute atomic E-state index is 16.3. The number of pyridine rings is 1. The van der Waals surface area contributed by atoms with E-state index in [0.717, 1.165) is 32.1 Å². The van der Waals surface area contributed by atoms with Crippen molar-refractivity contribution in [2.24, 2.45) is 5.92 Å². The third kappa shape index (κ3) is 6.38. The predicted octanol–water partition coefficient (Wildman–Crippen LogP) is 7.69. The summed E-state index contributed by atoms with van der Waals surface area (Å²) in [4.78, 5) is 25.7. The van der Waals surface area contributed by atoms with E-state index in [1.807, 2.05) is 13.8 Å². The highest BCUT2D eigenvalue weighted by Crippen LogP contribution is 2.47. The fourth-order valence-electron chi connectivity index (χ4n) is 8.73. The Morgan fingerprint density at radius 3 is 2.38 bits per heavy atom. The number of benzene rings is 1. The SMILES string of the molecule is COC1(c2cc3c4ncnc3n(c2=O)CCCCCCC(C)N2C(C)CC(CC2C)C(F)(F)c2cccc(c2F)[C@@H](C)N4)CCOCC1. The molecule has 4 atom stereocenters. The molecule has 4 aliphatic rings. The summed E-state index contributed by atoms with van der Waals surface area (Å²) in [6.45, 7) is 9.39. The van der Waals surface area contributed by atoms with Gasteiger partial charge in [0.1, 0.15) is 29.2 Å². The van der Waals surface area contributed by atoms with Crippen LogP contribution in [0.3, 0.4) is 0 Å². The molecule has 7 rings (SSSR count). The van der Waals surface area contributed by atoms with Crippen LogP contribution in [-0.4, -0.2) is 57.9 Å². The van der Waals surface area contributed by atoms with Crippen LogP contribution in [-0.2, 0) is 27.5 Å². The van der Waals surface area contributed by atoms with Crippen molar-refractivity contribution >= 4 is 16.9 Å². The maximum Gasteiger partial charge on any atom is 0.278 e. The molecule has 2 saturated heterocycles. The van der Waals surface area contributed by atoms with Gasteiger partial charge in [0, 0.05) is 69.3 Å². The molecule has 0 radical (unpaired) electrons. The molecular weight excluding hydrogens is 619 g/mol. The molecule has 8 bridgehead atoms. The van der Waals surface area contributed by atoms with Gasteiger partial charge < -0.3 is 14.8 Å². The van der Waals surface area contributed by atoms with Crippen molar-refractivity contribution in [3.05, 3.63) is 63.5 Å². The minimum absolute atomic E-state index is 0.0437. The number of hydrogen-bond acceptors (Lipinski definition) is 7. The molecule has 0 saturated carbocycles. The van der Waals surface area contributed by atoms with Crippen molar-refractivity contribution in [3.63, 3.8) is 0 Å². The lowest BCUT2D eigenvalue weighted by Gasteiger charge is -2.47. The third-order valence-corrected chi connectivity index (χ3v) is 11.3. The van der Waals surface area contributed by atoms with Crippen molar-refractivity contribution in [2.75, 3.05) is 25.6 Å². The Hall–Kier alpha value is -3.02. The van der Waals surface area contributed by atoms with Gasteiger partial charge >= 0.3 is 0 Å². The summed E-state index contributed by atoms with van der Waals surface area (Å²) >= 11 is 0. The van der Waals surface area contributed by atoms with Crippen LogP contribution in [0.2, 0.25) is 0 Å². The molecule has 3 unspecified atom stereocenters. The Morgan fingerprint density at radius 2 is 1.67 bits per heavy atom. The van der Waals surface area contributed by atoms with Gasteiger partial charge in [-0.25, -0.2) is 23.1 Å². The van der Waals surface area contributed by atoms with Gasteiger partial charge in [-0.05, 0) is 59.4 Å². The Bertz CT molecular complexity index is 1650. The first-order valence-electron chi connectivity index (χ1n) is 17.7. The zero-order valence-corrected chi connectivity index (χ0v) is 28.9. The van der Waals surface area contributed by atoms with Gasteiger partial charge in [0.05, 0.1) is 22.6 Å². The number of nitrogens with zero attached hydrogens (tertiary/aromatic N) is 4. The van der Waals surface area contributed by atoms with Crippen LogP contribution in [0.15, 0.2) is 35.4 Å². The lowest BCUT2D eigenvalue weighted by molar-refractivity contribution is -0.112. The third-order valence-electron chi connectivity index (χ3n) is 11.3. The number of alkyl halides is 2. The van der Waals surface area contributed by atoms with Crippen LogP contribution in [0.1, 0.15) is 108 Å². The average molecular weight is 670 g/mol. The maximum atomic E-state index is 16.3. The van der Waals surface area contributed by atoms with E-state index in [1.54, 1.807) is 30.7 Å². The lowest BCUT2D eigenvalue weighted by Crippen LogP contribution is -2.53. The minimum Gasteiger partial charge on any atom is -0.381 e. The van der Waals surface area contributed by atoms with Crippen LogP contribution in [0.4, 0.5) is 19.0 Å². The molecule has 48 heavy (non-hydrogen) atoms. The molecule has 11 heteroatoms. The molecule has 6 heterocycles. The van der Waals surface area contributed by atoms with E-state index in [-0.39, 0.29) is 29.2 Å². The molecule has 262 valence electrons. The van der Waals surface area contributed by atoms with Gasteiger partial charge in [0.25, 0.3) is 11.5 Å². The number of aryl methyl sites for hydroxylation is 1. The molecule has 2 aromatic heterocycles. The molecule has 2 fully saturated rings. The molecule has 8 nitrogen and oxygen atoms in total. The van der Waals surface area contributed by atoms with Crippen molar-refractivity contribution in [3.8, 4) is 0 Å². The van der Waals surface area contributed by atoms with Crippen molar-refractivity contribution in [2.45, 2.75) is 128 Å². The summed E-state index contributed by atoms with van der Waals surface area (Å²) < 4.78 is 62.4. The van der Waals surface area contributed by atoms with Crippen LogP contribution in [0.5, 0.6) is 0 Å². The number of nitrogens with one attached hydrogen (secondary N) is 1. The van der Waals surface area contributed by atoms with E-state index in [0.29, 0.717) is 67.9 Å². The molecule has 4 aliphatic heterocycles. The Kier molecular flexibility index (Phi) is 10.2. The number of rotatable bonds is 2. The highest BCUT2D eigenvalue weighted by atomic mass is 19.3. The van der Waals surface area contributed by atoms with Crippen LogP contribution in [0, 0.1) is 11.7 Å². The summed E-state index contributed by atoms with van der Waals surface area (Å²) in [5, 5.41) is 3.89. The quantitative estimate of drug-likeness (QED) is 0.300. The van der Waals surface area contributed by atoms with Crippen LogP contribution < -0.4 is 10.9 Å². The average Bonchev–Trinajstić information content (AvgIpc) is 3.06. The number of hydrogen-bond donors (Lipinski definition) is 1. The molecule has 0 amide bonds. The number of halogens is 3. The lowest BCUT2D eigenvalue weighted by atomic mass is 9.79. The number of fused-ring (bicyclic) bond motifs is 9. The fourth-order valence-corrected chi connectivity index (χ4v) is 8.73. The van der Waals surface area contributed by atoms with Gasteiger partial charge in [-0.2, -0.15) is 0 Å². The van der Waals surface area contributed by atoms with Crippen molar-refractivity contribution < 1.29 is 22.6 Å². The molecule has 0 spiro atoms. The number of piperidine rings is 1. The van der Waals surface area contributed by atoms with Gasteiger partial charge in [-0.3, -0.25) is 14.3 Å². The Morgan fingerprint density at radius 1 is 0.958 bits per heavy atom. The van der Waals surface area contributed by atoms with Crippen molar-refractivity contribution in [1.29, 1.82) is 0 Å². The monoisotopic (exact) mass is 669 g/mol.